The molecule has 0 aliphatic heterocycles. The molecule has 0 aliphatic rings. The van der Waals surface area contributed by atoms with Crippen molar-refractivity contribution < 1.29 is 26.7 Å². The van der Waals surface area contributed by atoms with E-state index in [0.29, 0.717) is 5.56 Å². The molecule has 0 heterocycles. The highest BCUT2D eigenvalue weighted by Crippen LogP contribution is 2.37. The number of methoxy groups -OCH3 is 1. The predicted molar refractivity (Wildman–Crippen MR) is 65.8 cm³/mol. The summed E-state index contributed by atoms with van der Waals surface area (Å²) < 4.78 is 69.1. The van der Waals surface area contributed by atoms with Gasteiger partial charge in [0.1, 0.15) is 5.82 Å². The third-order valence-electron chi connectivity index (χ3n) is 3.08. The van der Waals surface area contributed by atoms with Gasteiger partial charge in [0.05, 0.1) is 6.10 Å². The van der Waals surface area contributed by atoms with E-state index < -0.39 is 30.7 Å². The fraction of sp³-hybridized carbons (Fsp3) is 0.571. The predicted octanol–water partition coefficient (Wildman–Crippen LogP) is 4.93. The highest BCUT2D eigenvalue weighted by molar-refractivity contribution is 5.32. The van der Waals surface area contributed by atoms with E-state index in [1.807, 2.05) is 0 Å². The Labute approximate surface area is 114 Å². The Balaban J connectivity index is 3.15. The summed E-state index contributed by atoms with van der Waals surface area (Å²) in [6.45, 7) is 3.60. The van der Waals surface area contributed by atoms with Crippen LogP contribution in [0.3, 0.4) is 0 Å². The molecule has 0 spiro atoms. The molecule has 114 valence electrons. The van der Waals surface area contributed by atoms with Crippen molar-refractivity contribution in [3.8, 4) is 0 Å². The third-order valence-corrected chi connectivity index (χ3v) is 3.08. The molecule has 0 saturated carbocycles. The van der Waals surface area contributed by atoms with Gasteiger partial charge in [0, 0.05) is 13.5 Å². The van der Waals surface area contributed by atoms with Crippen LogP contribution in [-0.4, -0.2) is 19.5 Å². The highest BCUT2D eigenvalue weighted by Gasteiger charge is 2.43. The van der Waals surface area contributed by atoms with Crippen LogP contribution >= 0.6 is 0 Å². The molecule has 1 unspecified atom stereocenters. The number of benzene rings is 1. The first-order chi connectivity index (χ1) is 9.19. The average Bonchev–Trinajstić information content (AvgIpc) is 2.35. The van der Waals surface area contributed by atoms with E-state index in [9.17, 15) is 22.0 Å². The van der Waals surface area contributed by atoms with E-state index in [0.717, 1.165) is 13.2 Å². The fourth-order valence-corrected chi connectivity index (χ4v) is 2.01. The van der Waals surface area contributed by atoms with Crippen molar-refractivity contribution in [2.45, 2.75) is 44.6 Å². The maximum absolute atomic E-state index is 13.3. The van der Waals surface area contributed by atoms with Crippen molar-refractivity contribution in [2.24, 2.45) is 0 Å². The molecule has 0 N–H and O–H groups in total. The van der Waals surface area contributed by atoms with Gasteiger partial charge in [-0.15, -0.1) is 0 Å². The maximum atomic E-state index is 13.3. The van der Waals surface area contributed by atoms with Crippen LogP contribution in [0.4, 0.5) is 22.0 Å². The molecule has 1 aromatic carbocycles. The monoisotopic (exact) mass is 296 g/mol. The van der Waals surface area contributed by atoms with Crippen LogP contribution in [-0.2, 0) is 4.74 Å². The second-order valence-corrected chi connectivity index (χ2v) is 4.92. The number of hydrogen-bond donors (Lipinski definition) is 0. The fourth-order valence-electron chi connectivity index (χ4n) is 2.01. The van der Waals surface area contributed by atoms with Crippen molar-refractivity contribution in [1.29, 1.82) is 0 Å². The SMILES string of the molecule is COC(CC(F)(F)C(F)F)c1cc(F)ccc1C(C)C. The first-order valence-electron chi connectivity index (χ1n) is 6.17. The molecule has 20 heavy (non-hydrogen) atoms. The number of hydrogen-bond acceptors (Lipinski definition) is 1. The Kier molecular flexibility index (Phi) is 5.50. The van der Waals surface area contributed by atoms with Gasteiger partial charge < -0.3 is 4.74 Å². The molecule has 0 radical (unpaired) electrons. The van der Waals surface area contributed by atoms with Crippen molar-refractivity contribution >= 4 is 0 Å². The molecule has 0 amide bonds. The Morgan fingerprint density at radius 2 is 1.75 bits per heavy atom. The van der Waals surface area contributed by atoms with Gasteiger partial charge in [-0.25, -0.2) is 22.0 Å². The lowest BCUT2D eigenvalue weighted by atomic mass is 9.91. The smallest absolute Gasteiger partial charge is 0.310 e. The topological polar surface area (TPSA) is 9.23 Å². The van der Waals surface area contributed by atoms with Gasteiger partial charge in [-0.3, -0.25) is 0 Å². The summed E-state index contributed by atoms with van der Waals surface area (Å²) in [6.07, 6.45) is -6.26. The molecule has 6 heteroatoms. The Morgan fingerprint density at radius 3 is 2.20 bits per heavy atom. The Bertz CT molecular complexity index is 445. The minimum Gasteiger partial charge on any atom is -0.377 e. The summed E-state index contributed by atoms with van der Waals surface area (Å²) in [7, 11) is 1.14. The quantitative estimate of drug-likeness (QED) is 0.676. The van der Waals surface area contributed by atoms with Crippen LogP contribution in [0.15, 0.2) is 18.2 Å². The van der Waals surface area contributed by atoms with Gasteiger partial charge in [-0.2, -0.15) is 0 Å². The first-order valence-corrected chi connectivity index (χ1v) is 6.17. The van der Waals surface area contributed by atoms with Crippen molar-refractivity contribution in [1.82, 2.24) is 0 Å². The van der Waals surface area contributed by atoms with Gasteiger partial charge in [-0.1, -0.05) is 19.9 Å². The lowest BCUT2D eigenvalue weighted by Crippen LogP contribution is -2.29. The molecule has 0 fully saturated rings. The van der Waals surface area contributed by atoms with Crippen LogP contribution in [0.5, 0.6) is 0 Å². The van der Waals surface area contributed by atoms with E-state index in [-0.39, 0.29) is 11.5 Å². The van der Waals surface area contributed by atoms with E-state index in [4.69, 9.17) is 4.74 Å². The molecule has 0 aliphatic carbocycles. The summed E-state index contributed by atoms with van der Waals surface area (Å²) in [5.74, 6) is -4.86. The normalized spacial score (nSPS) is 14.1. The average molecular weight is 296 g/mol. The molecule has 1 nitrogen and oxygen atoms in total. The lowest BCUT2D eigenvalue weighted by Gasteiger charge is -2.25. The number of halogens is 5. The van der Waals surface area contributed by atoms with Gasteiger partial charge in [-0.05, 0) is 29.2 Å². The summed E-state index contributed by atoms with van der Waals surface area (Å²) in [6, 6.07) is 3.73. The van der Waals surface area contributed by atoms with Crippen LogP contribution in [0.1, 0.15) is 43.4 Å². The molecule has 1 atom stereocenters. The molecule has 1 aromatic rings. The largest absolute Gasteiger partial charge is 0.377 e. The third kappa shape index (κ3) is 3.91. The van der Waals surface area contributed by atoms with Crippen LogP contribution in [0.25, 0.3) is 0 Å². The highest BCUT2D eigenvalue weighted by atomic mass is 19.3. The van der Waals surface area contributed by atoms with Crippen molar-refractivity contribution in [3.63, 3.8) is 0 Å². The van der Waals surface area contributed by atoms with E-state index in [2.05, 4.69) is 0 Å². The van der Waals surface area contributed by atoms with Gasteiger partial charge in [0.2, 0.25) is 0 Å². The van der Waals surface area contributed by atoms with Crippen LogP contribution in [0.2, 0.25) is 0 Å². The van der Waals surface area contributed by atoms with E-state index in [1.165, 1.54) is 12.1 Å². The summed E-state index contributed by atoms with van der Waals surface area (Å²) >= 11 is 0. The minimum absolute atomic E-state index is 0.0663. The Morgan fingerprint density at radius 1 is 1.15 bits per heavy atom. The van der Waals surface area contributed by atoms with E-state index >= 15 is 0 Å². The molecular weight excluding hydrogens is 279 g/mol. The summed E-state index contributed by atoms with van der Waals surface area (Å²) in [5, 5.41) is 0. The van der Waals surface area contributed by atoms with Crippen molar-refractivity contribution in [3.05, 3.63) is 35.1 Å². The van der Waals surface area contributed by atoms with Gasteiger partial charge in [0.25, 0.3) is 0 Å². The number of rotatable bonds is 6. The van der Waals surface area contributed by atoms with Gasteiger partial charge in [0.15, 0.2) is 0 Å². The van der Waals surface area contributed by atoms with Crippen molar-refractivity contribution in [2.75, 3.05) is 7.11 Å². The zero-order valence-corrected chi connectivity index (χ0v) is 11.5. The standard InChI is InChI=1S/C14H17F5O/c1-8(2)10-5-4-9(15)6-11(10)12(20-3)7-14(18,19)13(16)17/h4-6,8,12-13H,7H2,1-3H3. The van der Waals surface area contributed by atoms with E-state index in [1.54, 1.807) is 13.8 Å². The van der Waals surface area contributed by atoms with Crippen LogP contribution < -0.4 is 0 Å². The minimum atomic E-state index is -4.18. The van der Waals surface area contributed by atoms with Gasteiger partial charge >= 0.3 is 12.3 Å². The molecule has 0 bridgehead atoms. The molecule has 0 aromatic heterocycles. The second-order valence-electron chi connectivity index (χ2n) is 4.92. The molecule has 1 rings (SSSR count). The molecule has 0 saturated heterocycles. The molecular formula is C14H17F5O. The summed E-state index contributed by atoms with van der Waals surface area (Å²) in [4.78, 5) is 0. The second kappa shape index (κ2) is 6.52. The van der Waals surface area contributed by atoms with Crippen LogP contribution in [0, 0.1) is 5.82 Å². The first kappa shape index (κ1) is 16.9. The number of alkyl halides is 4. The summed E-state index contributed by atoms with van der Waals surface area (Å²) in [5.41, 5.74) is 0.783. The zero-order valence-electron chi connectivity index (χ0n) is 11.5. The maximum Gasteiger partial charge on any atom is 0.310 e. The lowest BCUT2D eigenvalue weighted by molar-refractivity contribution is -0.152. The Hall–Kier alpha value is -1.17. The zero-order chi connectivity index (χ0) is 15.5. The number of ether oxygens (including phenoxy) is 1.